The largest absolute Gasteiger partial charge is 0.488 e. The van der Waals surface area contributed by atoms with E-state index in [2.05, 4.69) is 15.4 Å². The molecule has 0 aliphatic carbocycles. The second-order valence-corrected chi connectivity index (χ2v) is 7.74. The van der Waals surface area contributed by atoms with Gasteiger partial charge < -0.3 is 15.2 Å². The number of aryl methyl sites for hydroxylation is 2. The number of rotatable bonds is 6. The molecule has 0 spiro atoms. The zero-order chi connectivity index (χ0) is 18.9. The molecule has 138 valence electrons. The number of fused-ring (bicyclic) bond motifs is 1. The van der Waals surface area contributed by atoms with E-state index in [0.29, 0.717) is 29.0 Å². The summed E-state index contributed by atoms with van der Waals surface area (Å²) in [5.41, 5.74) is 3.18. The Hall–Kier alpha value is -2.45. The lowest BCUT2D eigenvalue weighted by Gasteiger charge is -2.23. The number of ether oxygens (including phenoxy) is 1. The molecule has 0 saturated carbocycles. The van der Waals surface area contributed by atoms with Crippen LogP contribution in [0, 0.1) is 6.92 Å². The fourth-order valence-electron chi connectivity index (χ4n) is 2.56. The first-order chi connectivity index (χ1) is 12.3. The summed E-state index contributed by atoms with van der Waals surface area (Å²) in [6.45, 7) is 5.74. The second kappa shape index (κ2) is 7.05. The zero-order valence-electron chi connectivity index (χ0n) is 15.2. The summed E-state index contributed by atoms with van der Waals surface area (Å²) >= 11 is 1.55. The lowest BCUT2D eigenvalue weighted by atomic mass is 10.1. The van der Waals surface area contributed by atoms with Gasteiger partial charge in [-0.1, -0.05) is 0 Å². The number of aliphatic hydroxyl groups is 1. The van der Waals surface area contributed by atoms with Crippen molar-refractivity contribution >= 4 is 28.1 Å². The number of hydrogen-bond acceptors (Lipinski definition) is 6. The van der Waals surface area contributed by atoms with E-state index in [4.69, 9.17) is 4.74 Å². The van der Waals surface area contributed by atoms with Gasteiger partial charge in [-0.05, 0) is 39.0 Å². The van der Waals surface area contributed by atoms with Gasteiger partial charge in [-0.15, -0.1) is 11.3 Å². The SMILES string of the molecule is Cc1ncsc1COc1ccc2nn(C)c(C(=O)NC(C)(C)CO)c2c1. The van der Waals surface area contributed by atoms with E-state index in [0.717, 1.165) is 10.6 Å². The molecule has 0 saturated heterocycles. The van der Waals surface area contributed by atoms with Crippen molar-refractivity contribution in [3.8, 4) is 5.75 Å². The van der Waals surface area contributed by atoms with Crippen molar-refractivity contribution in [2.75, 3.05) is 6.61 Å². The van der Waals surface area contributed by atoms with E-state index in [-0.39, 0.29) is 12.5 Å². The fraction of sp³-hybridized carbons (Fsp3) is 0.389. The standard InChI is InChI=1S/C18H22N4O3S/c1-11-15(26-10-19-11)8-25-12-5-6-14-13(7-12)16(22(4)21-14)17(24)20-18(2,3)9-23/h5-7,10,23H,8-9H2,1-4H3,(H,20,24). The molecule has 0 aliphatic heterocycles. The highest BCUT2D eigenvalue weighted by Crippen LogP contribution is 2.25. The van der Waals surface area contributed by atoms with Gasteiger partial charge in [0.2, 0.25) is 0 Å². The normalized spacial score (nSPS) is 11.7. The molecule has 0 fully saturated rings. The van der Waals surface area contributed by atoms with Gasteiger partial charge in [0.25, 0.3) is 5.91 Å². The van der Waals surface area contributed by atoms with E-state index in [9.17, 15) is 9.90 Å². The van der Waals surface area contributed by atoms with E-state index in [1.807, 2.05) is 25.1 Å². The maximum Gasteiger partial charge on any atom is 0.270 e. The van der Waals surface area contributed by atoms with Gasteiger partial charge in [0.15, 0.2) is 0 Å². The molecule has 1 aromatic carbocycles. The lowest BCUT2D eigenvalue weighted by Crippen LogP contribution is -2.46. The lowest BCUT2D eigenvalue weighted by molar-refractivity contribution is 0.0861. The van der Waals surface area contributed by atoms with Crippen LogP contribution in [0.5, 0.6) is 5.75 Å². The third-order valence-electron chi connectivity index (χ3n) is 4.08. The van der Waals surface area contributed by atoms with Crippen LogP contribution in [-0.2, 0) is 13.7 Å². The van der Waals surface area contributed by atoms with Crippen molar-refractivity contribution in [3.05, 3.63) is 40.0 Å². The molecule has 0 unspecified atom stereocenters. The average Bonchev–Trinajstić information content (AvgIpc) is 3.14. The Morgan fingerprint density at radius 1 is 1.42 bits per heavy atom. The number of nitrogens with zero attached hydrogens (tertiary/aromatic N) is 3. The Morgan fingerprint density at radius 3 is 2.85 bits per heavy atom. The first-order valence-corrected chi connectivity index (χ1v) is 9.10. The molecule has 7 nitrogen and oxygen atoms in total. The summed E-state index contributed by atoms with van der Waals surface area (Å²) < 4.78 is 7.41. The van der Waals surface area contributed by atoms with Crippen LogP contribution in [0.3, 0.4) is 0 Å². The Morgan fingerprint density at radius 2 is 2.19 bits per heavy atom. The minimum absolute atomic E-state index is 0.156. The first kappa shape index (κ1) is 18.3. The summed E-state index contributed by atoms with van der Waals surface area (Å²) in [7, 11) is 1.72. The van der Waals surface area contributed by atoms with Gasteiger partial charge >= 0.3 is 0 Å². The van der Waals surface area contributed by atoms with Crippen molar-refractivity contribution < 1.29 is 14.6 Å². The number of aliphatic hydroxyl groups excluding tert-OH is 1. The quantitative estimate of drug-likeness (QED) is 0.692. The number of hydrogen-bond donors (Lipinski definition) is 2. The number of thiazole rings is 1. The molecule has 2 heterocycles. The van der Waals surface area contributed by atoms with E-state index in [1.54, 1.807) is 42.4 Å². The topological polar surface area (TPSA) is 89.3 Å². The van der Waals surface area contributed by atoms with Gasteiger partial charge in [0.1, 0.15) is 18.1 Å². The third kappa shape index (κ3) is 3.71. The number of benzene rings is 1. The molecule has 2 N–H and O–H groups in total. The van der Waals surface area contributed by atoms with Crippen LogP contribution in [0.2, 0.25) is 0 Å². The smallest absolute Gasteiger partial charge is 0.270 e. The van der Waals surface area contributed by atoms with Crippen molar-refractivity contribution in [1.82, 2.24) is 20.1 Å². The molecule has 0 aliphatic rings. The van der Waals surface area contributed by atoms with Crippen LogP contribution in [0.1, 0.15) is 34.9 Å². The number of amides is 1. The summed E-state index contributed by atoms with van der Waals surface area (Å²) in [5.74, 6) is 0.373. The van der Waals surface area contributed by atoms with Crippen LogP contribution in [0.15, 0.2) is 23.7 Å². The van der Waals surface area contributed by atoms with Gasteiger partial charge in [-0.25, -0.2) is 4.98 Å². The molecule has 0 atom stereocenters. The van der Waals surface area contributed by atoms with Crippen LogP contribution >= 0.6 is 11.3 Å². The molecule has 3 rings (SSSR count). The van der Waals surface area contributed by atoms with Gasteiger partial charge in [-0.3, -0.25) is 9.48 Å². The minimum Gasteiger partial charge on any atom is -0.488 e. The van der Waals surface area contributed by atoms with E-state index < -0.39 is 5.54 Å². The van der Waals surface area contributed by atoms with Crippen molar-refractivity contribution in [3.63, 3.8) is 0 Å². The van der Waals surface area contributed by atoms with Crippen molar-refractivity contribution in [1.29, 1.82) is 0 Å². The van der Waals surface area contributed by atoms with Crippen molar-refractivity contribution in [2.45, 2.75) is 32.9 Å². The molecular formula is C18H22N4O3S. The molecule has 1 amide bonds. The van der Waals surface area contributed by atoms with Crippen LogP contribution < -0.4 is 10.1 Å². The van der Waals surface area contributed by atoms with Gasteiger partial charge in [0, 0.05) is 12.4 Å². The molecule has 26 heavy (non-hydrogen) atoms. The summed E-state index contributed by atoms with van der Waals surface area (Å²) in [6, 6.07) is 5.49. The molecule has 0 radical (unpaired) electrons. The Bertz CT molecular complexity index is 945. The van der Waals surface area contributed by atoms with E-state index >= 15 is 0 Å². The highest BCUT2D eigenvalue weighted by Gasteiger charge is 2.24. The first-order valence-electron chi connectivity index (χ1n) is 8.22. The number of carbonyl (C=O) groups is 1. The fourth-order valence-corrected chi connectivity index (χ4v) is 3.25. The van der Waals surface area contributed by atoms with Crippen molar-refractivity contribution in [2.24, 2.45) is 7.05 Å². The molecule has 2 aromatic heterocycles. The third-order valence-corrected chi connectivity index (χ3v) is 4.99. The second-order valence-electron chi connectivity index (χ2n) is 6.80. The molecule has 0 bridgehead atoms. The number of carbonyl (C=O) groups excluding carboxylic acids is 1. The highest BCUT2D eigenvalue weighted by atomic mass is 32.1. The minimum atomic E-state index is -0.717. The summed E-state index contributed by atoms with van der Waals surface area (Å²) in [5, 5.41) is 17.3. The number of nitrogens with one attached hydrogen (secondary N) is 1. The molecule has 3 aromatic rings. The Labute approximate surface area is 155 Å². The predicted octanol–water partition coefficient (Wildman–Crippen LogP) is 2.42. The predicted molar refractivity (Wildman–Crippen MR) is 101 cm³/mol. The zero-order valence-corrected chi connectivity index (χ0v) is 16.1. The molecule has 8 heteroatoms. The van der Waals surface area contributed by atoms with Crippen LogP contribution in [0.25, 0.3) is 10.9 Å². The summed E-state index contributed by atoms with van der Waals surface area (Å²) in [4.78, 5) is 18.0. The maximum atomic E-state index is 12.7. The van der Waals surface area contributed by atoms with Crippen LogP contribution in [-0.4, -0.2) is 37.9 Å². The van der Waals surface area contributed by atoms with Gasteiger partial charge in [-0.2, -0.15) is 5.10 Å². The monoisotopic (exact) mass is 374 g/mol. The maximum absolute atomic E-state index is 12.7. The molecular weight excluding hydrogens is 352 g/mol. The van der Waals surface area contributed by atoms with Gasteiger partial charge in [0.05, 0.1) is 33.7 Å². The summed E-state index contributed by atoms with van der Waals surface area (Å²) in [6.07, 6.45) is 0. The van der Waals surface area contributed by atoms with Crippen LogP contribution in [0.4, 0.5) is 0 Å². The Kier molecular flexibility index (Phi) is 4.97. The average molecular weight is 374 g/mol. The number of aromatic nitrogens is 3. The highest BCUT2D eigenvalue weighted by molar-refractivity contribution is 7.09. The Balaban J connectivity index is 1.88. The van der Waals surface area contributed by atoms with E-state index in [1.165, 1.54) is 0 Å².